The molecule has 2 aromatic rings. The molecule has 1 aromatic carbocycles. The van der Waals surface area contributed by atoms with E-state index in [1.54, 1.807) is 0 Å². The van der Waals surface area contributed by atoms with Crippen molar-refractivity contribution in [2.24, 2.45) is 11.1 Å². The highest BCUT2D eigenvalue weighted by Gasteiger charge is 2.21. The lowest BCUT2D eigenvalue weighted by Gasteiger charge is -2.32. The van der Waals surface area contributed by atoms with Gasteiger partial charge in [-0.25, -0.2) is 0 Å². The summed E-state index contributed by atoms with van der Waals surface area (Å²) < 4.78 is 10.9. The number of benzene rings is 1. The Morgan fingerprint density at radius 1 is 1.04 bits per heavy atom. The zero-order valence-electron chi connectivity index (χ0n) is 14.4. The highest BCUT2D eigenvalue weighted by atomic mass is 16.7. The number of pyridine rings is 1. The molecule has 1 aliphatic rings. The van der Waals surface area contributed by atoms with Crippen LogP contribution in [0.25, 0.3) is 0 Å². The third-order valence-electron chi connectivity index (χ3n) is 4.20. The summed E-state index contributed by atoms with van der Waals surface area (Å²) in [5, 5.41) is 0. The van der Waals surface area contributed by atoms with Crippen molar-refractivity contribution in [2.45, 2.75) is 26.9 Å². The second-order valence-corrected chi connectivity index (χ2v) is 7.06. The summed E-state index contributed by atoms with van der Waals surface area (Å²) in [5.41, 5.74) is 8.46. The fraction of sp³-hybridized carbons (Fsp3) is 0.421. The zero-order valence-corrected chi connectivity index (χ0v) is 14.4. The molecule has 0 bridgehead atoms. The Kier molecular flexibility index (Phi) is 5.02. The summed E-state index contributed by atoms with van der Waals surface area (Å²) in [5.74, 6) is 1.65. The van der Waals surface area contributed by atoms with Crippen LogP contribution in [0.15, 0.2) is 42.7 Å². The van der Waals surface area contributed by atoms with E-state index < -0.39 is 0 Å². The number of hydrogen-bond acceptors (Lipinski definition) is 5. The summed E-state index contributed by atoms with van der Waals surface area (Å²) in [7, 11) is 0. The van der Waals surface area contributed by atoms with Gasteiger partial charge in [0.15, 0.2) is 11.5 Å². The minimum atomic E-state index is 0.0589. The Morgan fingerprint density at radius 3 is 2.50 bits per heavy atom. The van der Waals surface area contributed by atoms with Crippen LogP contribution in [-0.2, 0) is 13.1 Å². The molecule has 0 fully saturated rings. The molecule has 0 aliphatic carbocycles. The van der Waals surface area contributed by atoms with E-state index in [1.807, 2.05) is 18.5 Å². The van der Waals surface area contributed by atoms with Crippen LogP contribution in [0.4, 0.5) is 0 Å². The SMILES string of the molecule is CC(C)(CN)CN(Cc1ccncc1)Cc1ccc2c(c1)OCO2. The van der Waals surface area contributed by atoms with Gasteiger partial charge in [0.25, 0.3) is 0 Å². The quantitative estimate of drug-likeness (QED) is 0.847. The van der Waals surface area contributed by atoms with Gasteiger partial charge in [0.1, 0.15) is 0 Å². The Balaban J connectivity index is 1.76. The number of rotatable bonds is 7. The number of nitrogens with zero attached hydrogens (tertiary/aromatic N) is 2. The van der Waals surface area contributed by atoms with E-state index in [0.717, 1.165) is 31.1 Å². The molecule has 0 amide bonds. The van der Waals surface area contributed by atoms with Gasteiger partial charge in [-0.15, -0.1) is 0 Å². The zero-order chi connectivity index (χ0) is 17.0. The topological polar surface area (TPSA) is 60.6 Å². The average Bonchev–Trinajstić information content (AvgIpc) is 3.03. The molecule has 5 heteroatoms. The van der Waals surface area contributed by atoms with Crippen molar-refractivity contribution in [3.8, 4) is 11.5 Å². The van der Waals surface area contributed by atoms with Gasteiger partial charge in [-0.3, -0.25) is 9.88 Å². The molecule has 3 rings (SSSR count). The normalized spacial score (nSPS) is 13.5. The maximum Gasteiger partial charge on any atom is 0.231 e. The summed E-state index contributed by atoms with van der Waals surface area (Å²) in [4.78, 5) is 6.51. The van der Waals surface area contributed by atoms with Crippen LogP contribution < -0.4 is 15.2 Å². The van der Waals surface area contributed by atoms with E-state index in [9.17, 15) is 0 Å². The van der Waals surface area contributed by atoms with Gasteiger partial charge in [0.05, 0.1) is 0 Å². The monoisotopic (exact) mass is 327 g/mol. The van der Waals surface area contributed by atoms with Crippen LogP contribution in [0.2, 0.25) is 0 Å². The van der Waals surface area contributed by atoms with Gasteiger partial charge in [0, 0.05) is 32.0 Å². The Morgan fingerprint density at radius 2 is 1.75 bits per heavy atom. The van der Waals surface area contributed by atoms with Crippen molar-refractivity contribution in [3.63, 3.8) is 0 Å². The third-order valence-corrected chi connectivity index (χ3v) is 4.20. The summed E-state index contributed by atoms with van der Waals surface area (Å²) >= 11 is 0. The molecule has 128 valence electrons. The summed E-state index contributed by atoms with van der Waals surface area (Å²) in [6, 6.07) is 10.3. The van der Waals surface area contributed by atoms with Crippen LogP contribution in [0.1, 0.15) is 25.0 Å². The van der Waals surface area contributed by atoms with Crippen molar-refractivity contribution >= 4 is 0 Å². The van der Waals surface area contributed by atoms with E-state index in [0.29, 0.717) is 13.3 Å². The first kappa shape index (κ1) is 16.7. The molecular weight excluding hydrogens is 302 g/mol. The first-order valence-corrected chi connectivity index (χ1v) is 8.26. The van der Waals surface area contributed by atoms with Crippen molar-refractivity contribution in [2.75, 3.05) is 19.9 Å². The third kappa shape index (κ3) is 4.24. The molecule has 0 radical (unpaired) electrons. The molecule has 0 saturated heterocycles. The Bertz CT molecular complexity index is 674. The highest BCUT2D eigenvalue weighted by molar-refractivity contribution is 5.44. The lowest BCUT2D eigenvalue weighted by Crippen LogP contribution is -2.38. The summed E-state index contributed by atoms with van der Waals surface area (Å²) in [6.07, 6.45) is 3.67. The molecule has 5 nitrogen and oxygen atoms in total. The lowest BCUT2D eigenvalue weighted by atomic mass is 9.92. The number of aromatic nitrogens is 1. The predicted molar refractivity (Wildman–Crippen MR) is 93.8 cm³/mol. The second kappa shape index (κ2) is 7.20. The van der Waals surface area contributed by atoms with Crippen molar-refractivity contribution < 1.29 is 9.47 Å². The Hall–Kier alpha value is -2.11. The number of fused-ring (bicyclic) bond motifs is 1. The van der Waals surface area contributed by atoms with Crippen LogP contribution >= 0.6 is 0 Å². The van der Waals surface area contributed by atoms with Crippen molar-refractivity contribution in [1.29, 1.82) is 0 Å². The van der Waals surface area contributed by atoms with Gasteiger partial charge in [0.2, 0.25) is 6.79 Å². The molecular formula is C19H25N3O2. The number of ether oxygens (including phenoxy) is 2. The molecule has 24 heavy (non-hydrogen) atoms. The van der Waals surface area contributed by atoms with Crippen molar-refractivity contribution in [1.82, 2.24) is 9.88 Å². The average molecular weight is 327 g/mol. The van der Waals surface area contributed by atoms with E-state index in [4.69, 9.17) is 15.2 Å². The largest absolute Gasteiger partial charge is 0.454 e. The smallest absolute Gasteiger partial charge is 0.231 e. The minimum Gasteiger partial charge on any atom is -0.454 e. The molecule has 0 atom stereocenters. The molecule has 0 unspecified atom stereocenters. The summed E-state index contributed by atoms with van der Waals surface area (Å²) in [6.45, 7) is 7.97. The molecule has 2 heterocycles. The lowest BCUT2D eigenvalue weighted by molar-refractivity contribution is 0.168. The van der Waals surface area contributed by atoms with E-state index in [1.165, 1.54) is 11.1 Å². The molecule has 0 spiro atoms. The first-order chi connectivity index (χ1) is 11.6. The van der Waals surface area contributed by atoms with Gasteiger partial charge in [-0.1, -0.05) is 19.9 Å². The predicted octanol–water partition coefficient (Wildman–Crippen LogP) is 2.80. The van der Waals surface area contributed by atoms with Gasteiger partial charge >= 0.3 is 0 Å². The fourth-order valence-electron chi connectivity index (χ4n) is 2.88. The van der Waals surface area contributed by atoms with Crippen LogP contribution in [0, 0.1) is 5.41 Å². The fourth-order valence-corrected chi connectivity index (χ4v) is 2.88. The first-order valence-electron chi connectivity index (χ1n) is 8.26. The van der Waals surface area contributed by atoms with Gasteiger partial charge in [-0.05, 0) is 47.4 Å². The molecule has 1 aromatic heterocycles. The maximum absolute atomic E-state index is 5.94. The minimum absolute atomic E-state index is 0.0589. The van der Waals surface area contributed by atoms with Gasteiger partial charge in [-0.2, -0.15) is 0 Å². The van der Waals surface area contributed by atoms with E-state index in [2.05, 4.69) is 48.0 Å². The van der Waals surface area contributed by atoms with Crippen LogP contribution in [-0.4, -0.2) is 29.8 Å². The van der Waals surface area contributed by atoms with Crippen molar-refractivity contribution in [3.05, 3.63) is 53.9 Å². The number of nitrogens with two attached hydrogens (primary N) is 1. The molecule has 0 saturated carbocycles. The van der Waals surface area contributed by atoms with Crippen LogP contribution in [0.3, 0.4) is 0 Å². The Labute approximate surface area is 143 Å². The molecule has 2 N–H and O–H groups in total. The molecule has 1 aliphatic heterocycles. The number of hydrogen-bond donors (Lipinski definition) is 1. The van der Waals surface area contributed by atoms with Gasteiger partial charge < -0.3 is 15.2 Å². The van der Waals surface area contributed by atoms with E-state index in [-0.39, 0.29) is 5.41 Å². The second-order valence-electron chi connectivity index (χ2n) is 7.06. The van der Waals surface area contributed by atoms with E-state index >= 15 is 0 Å². The highest BCUT2D eigenvalue weighted by Crippen LogP contribution is 2.33. The standard InChI is InChI=1S/C19H25N3O2/c1-19(2,12-20)13-22(10-15-5-7-21-8-6-15)11-16-3-4-17-18(9-16)24-14-23-17/h3-9H,10-14,20H2,1-2H3. The van der Waals surface area contributed by atoms with Crippen LogP contribution in [0.5, 0.6) is 11.5 Å². The maximum atomic E-state index is 5.94.